The first-order valence-electron chi connectivity index (χ1n) is 11.1. The Bertz CT molecular complexity index is 1350. The third kappa shape index (κ3) is 4.29. The van der Waals surface area contributed by atoms with Crippen LogP contribution in [0.2, 0.25) is 5.02 Å². The van der Waals surface area contributed by atoms with Crippen LogP contribution in [0.1, 0.15) is 16.0 Å². The molecule has 0 fully saturated rings. The molecule has 0 amide bonds. The Hall–Kier alpha value is -2.71. The van der Waals surface area contributed by atoms with Crippen molar-refractivity contribution in [3.8, 4) is 5.69 Å². The van der Waals surface area contributed by atoms with E-state index in [9.17, 15) is 9.90 Å². The monoisotopic (exact) mass is 481 g/mol. The molecule has 0 saturated heterocycles. The van der Waals surface area contributed by atoms with Gasteiger partial charge in [0.25, 0.3) is 5.56 Å². The minimum Gasteiger partial charge on any atom is -0.395 e. The summed E-state index contributed by atoms with van der Waals surface area (Å²) in [7, 11) is 2.18. The summed E-state index contributed by atoms with van der Waals surface area (Å²) >= 11 is 7.93. The minimum absolute atomic E-state index is 0.0502. The molecule has 1 aliphatic rings. The number of rotatable bonds is 6. The van der Waals surface area contributed by atoms with E-state index in [0.717, 1.165) is 40.9 Å². The molecule has 0 spiro atoms. The number of thiophene rings is 1. The van der Waals surface area contributed by atoms with Gasteiger partial charge in [-0.25, -0.2) is 9.55 Å². The van der Waals surface area contributed by atoms with E-state index in [-0.39, 0.29) is 12.2 Å². The maximum absolute atomic E-state index is 14.0. The van der Waals surface area contributed by atoms with E-state index in [1.165, 1.54) is 9.78 Å². The maximum atomic E-state index is 14.0. The predicted molar refractivity (Wildman–Crippen MR) is 134 cm³/mol. The number of halogens is 1. The van der Waals surface area contributed by atoms with E-state index in [4.69, 9.17) is 16.6 Å². The fourth-order valence-electron chi connectivity index (χ4n) is 4.48. The Morgan fingerprint density at radius 1 is 1.21 bits per heavy atom. The van der Waals surface area contributed by atoms with E-state index in [0.29, 0.717) is 29.7 Å². The SMILES string of the molecule is C[NH+]1CCc2c(sc3nc(N(CCO)Cc4ccccc4)n(-c4cccc(Cl)c4)c(=O)c23)C1. The van der Waals surface area contributed by atoms with Crippen molar-refractivity contribution in [3.63, 3.8) is 0 Å². The second-order valence-corrected chi connectivity index (χ2v) is 10.0. The number of aromatic nitrogens is 2. The zero-order chi connectivity index (χ0) is 22.9. The Morgan fingerprint density at radius 3 is 2.79 bits per heavy atom. The number of quaternary nitrogens is 1. The van der Waals surface area contributed by atoms with Gasteiger partial charge in [0.15, 0.2) is 0 Å². The van der Waals surface area contributed by atoms with Gasteiger partial charge in [0.05, 0.1) is 36.2 Å². The van der Waals surface area contributed by atoms with E-state index in [1.54, 1.807) is 28.0 Å². The molecule has 1 unspecified atom stereocenters. The molecule has 2 aromatic heterocycles. The summed E-state index contributed by atoms with van der Waals surface area (Å²) in [5.74, 6) is 0.520. The highest BCUT2D eigenvalue weighted by Gasteiger charge is 2.27. The van der Waals surface area contributed by atoms with Gasteiger partial charge in [-0.1, -0.05) is 48.0 Å². The van der Waals surface area contributed by atoms with Gasteiger partial charge in [0.2, 0.25) is 5.95 Å². The Kier molecular flexibility index (Phi) is 6.21. The number of benzene rings is 2. The molecule has 1 atom stereocenters. The van der Waals surface area contributed by atoms with Crippen LogP contribution in [0.15, 0.2) is 59.4 Å². The van der Waals surface area contributed by atoms with Gasteiger partial charge in [-0.05, 0) is 29.3 Å². The fourth-order valence-corrected chi connectivity index (χ4v) is 5.99. The highest BCUT2D eigenvalue weighted by molar-refractivity contribution is 7.18. The number of aliphatic hydroxyl groups is 1. The first kappa shape index (κ1) is 22.1. The molecular weight excluding hydrogens is 456 g/mol. The van der Waals surface area contributed by atoms with Gasteiger partial charge >= 0.3 is 0 Å². The number of nitrogens with one attached hydrogen (secondary N) is 1. The summed E-state index contributed by atoms with van der Waals surface area (Å²) in [5, 5.41) is 11.1. The molecule has 2 aromatic carbocycles. The Morgan fingerprint density at radius 2 is 2.03 bits per heavy atom. The van der Waals surface area contributed by atoms with Crippen LogP contribution in [0.4, 0.5) is 5.95 Å². The van der Waals surface area contributed by atoms with Crippen LogP contribution in [0.3, 0.4) is 0 Å². The van der Waals surface area contributed by atoms with E-state index >= 15 is 0 Å². The molecule has 33 heavy (non-hydrogen) atoms. The van der Waals surface area contributed by atoms with Crippen LogP contribution < -0.4 is 15.4 Å². The number of hydrogen-bond donors (Lipinski definition) is 2. The average molecular weight is 482 g/mol. The van der Waals surface area contributed by atoms with Gasteiger partial charge in [0.1, 0.15) is 11.4 Å². The van der Waals surface area contributed by atoms with Crippen molar-refractivity contribution in [1.82, 2.24) is 9.55 Å². The minimum atomic E-state index is -0.0784. The highest BCUT2D eigenvalue weighted by Crippen LogP contribution is 2.32. The molecule has 0 aliphatic carbocycles. The first-order chi connectivity index (χ1) is 16.0. The number of fused-ring (bicyclic) bond motifs is 3. The fraction of sp³-hybridized carbons (Fsp3) is 0.280. The van der Waals surface area contributed by atoms with E-state index in [2.05, 4.69) is 7.05 Å². The first-order valence-corrected chi connectivity index (χ1v) is 12.3. The lowest BCUT2D eigenvalue weighted by Crippen LogP contribution is -3.08. The second kappa shape index (κ2) is 9.27. The molecular formula is C25H26ClN4O2S+. The van der Waals surface area contributed by atoms with Crippen molar-refractivity contribution in [1.29, 1.82) is 0 Å². The third-order valence-electron chi connectivity index (χ3n) is 6.09. The summed E-state index contributed by atoms with van der Waals surface area (Å²) in [5.41, 5.74) is 2.81. The van der Waals surface area contributed by atoms with Crippen molar-refractivity contribution in [2.24, 2.45) is 0 Å². The molecule has 3 heterocycles. The molecule has 1 aliphatic heterocycles. The Labute approximate surface area is 201 Å². The number of likely N-dealkylation sites (N-methyl/N-ethyl adjacent to an activating group) is 1. The molecule has 6 nitrogen and oxygen atoms in total. The van der Waals surface area contributed by atoms with Crippen LogP contribution in [-0.2, 0) is 19.5 Å². The van der Waals surface area contributed by atoms with Crippen LogP contribution in [0, 0.1) is 0 Å². The number of nitrogens with zero attached hydrogens (tertiary/aromatic N) is 3. The molecule has 170 valence electrons. The van der Waals surface area contributed by atoms with Crippen molar-refractivity contribution < 1.29 is 10.0 Å². The van der Waals surface area contributed by atoms with Crippen molar-refractivity contribution in [3.05, 3.63) is 86.0 Å². The Balaban J connectivity index is 1.75. The lowest BCUT2D eigenvalue weighted by molar-refractivity contribution is -0.895. The van der Waals surface area contributed by atoms with Crippen LogP contribution in [0.25, 0.3) is 15.9 Å². The standard InChI is InChI=1S/C25H25ClN4O2S/c1-28-11-10-20-21(16-28)33-23-22(20)24(32)30(19-9-5-8-18(26)14-19)25(27-23)29(12-13-31)15-17-6-3-2-4-7-17/h2-9,14,31H,10-13,15-16H2,1H3/p+1. The van der Waals surface area contributed by atoms with Gasteiger partial charge in [-0.15, -0.1) is 11.3 Å². The van der Waals surface area contributed by atoms with Crippen molar-refractivity contribution >= 4 is 39.1 Å². The van der Waals surface area contributed by atoms with Gasteiger partial charge in [-0.2, -0.15) is 0 Å². The van der Waals surface area contributed by atoms with Crippen LogP contribution >= 0.6 is 22.9 Å². The lowest BCUT2D eigenvalue weighted by atomic mass is 10.1. The largest absolute Gasteiger partial charge is 0.395 e. The number of anilines is 1. The normalized spacial score (nSPS) is 15.5. The van der Waals surface area contributed by atoms with Crippen molar-refractivity contribution in [2.75, 3.05) is 31.6 Å². The summed E-state index contributed by atoms with van der Waals surface area (Å²) < 4.78 is 1.66. The van der Waals surface area contributed by atoms with Gasteiger partial charge in [-0.3, -0.25) is 4.79 Å². The summed E-state index contributed by atoms with van der Waals surface area (Å²) in [6.45, 7) is 2.74. The molecule has 0 bridgehead atoms. The van der Waals surface area contributed by atoms with Crippen LogP contribution in [0.5, 0.6) is 0 Å². The second-order valence-electron chi connectivity index (χ2n) is 8.48. The quantitative estimate of drug-likeness (QED) is 0.444. The molecule has 8 heteroatoms. The topological polar surface area (TPSA) is 62.8 Å². The lowest BCUT2D eigenvalue weighted by Gasteiger charge is -2.26. The molecule has 4 aromatic rings. The van der Waals surface area contributed by atoms with Gasteiger partial charge < -0.3 is 14.9 Å². The molecule has 0 saturated carbocycles. The highest BCUT2D eigenvalue weighted by atomic mass is 35.5. The zero-order valence-electron chi connectivity index (χ0n) is 18.4. The van der Waals surface area contributed by atoms with E-state index in [1.807, 2.05) is 47.4 Å². The number of aliphatic hydroxyl groups excluding tert-OH is 1. The maximum Gasteiger partial charge on any atom is 0.268 e. The van der Waals surface area contributed by atoms with Crippen molar-refractivity contribution in [2.45, 2.75) is 19.5 Å². The average Bonchev–Trinajstić information content (AvgIpc) is 3.17. The zero-order valence-corrected chi connectivity index (χ0v) is 20.0. The molecule has 2 N–H and O–H groups in total. The van der Waals surface area contributed by atoms with Crippen LogP contribution in [-0.4, -0.2) is 41.4 Å². The summed E-state index contributed by atoms with van der Waals surface area (Å²) in [6.07, 6.45) is 0.872. The van der Waals surface area contributed by atoms with E-state index < -0.39 is 0 Å². The predicted octanol–water partition coefficient (Wildman–Crippen LogP) is 2.67. The third-order valence-corrected chi connectivity index (χ3v) is 7.45. The number of hydrogen-bond acceptors (Lipinski definition) is 5. The summed E-state index contributed by atoms with van der Waals surface area (Å²) in [6, 6.07) is 17.3. The summed E-state index contributed by atoms with van der Waals surface area (Å²) in [4.78, 5) is 24.5. The van der Waals surface area contributed by atoms with Gasteiger partial charge in [0, 0.05) is 24.5 Å². The smallest absolute Gasteiger partial charge is 0.268 e. The molecule has 5 rings (SSSR count). The molecule has 0 radical (unpaired) electrons.